The first-order valence-electron chi connectivity index (χ1n) is 11.4. The lowest BCUT2D eigenvalue weighted by Crippen LogP contribution is -2.45. The quantitative estimate of drug-likeness (QED) is 0.428. The van der Waals surface area contributed by atoms with Gasteiger partial charge in [-0.3, -0.25) is 14.3 Å². The molecule has 4 rings (SSSR count). The van der Waals surface area contributed by atoms with Gasteiger partial charge in [-0.25, -0.2) is 4.98 Å². The number of hydrogen-bond acceptors (Lipinski definition) is 7. The van der Waals surface area contributed by atoms with E-state index in [9.17, 15) is 14.0 Å². The number of hydrogen-bond donors (Lipinski definition) is 2. The van der Waals surface area contributed by atoms with Gasteiger partial charge in [0.1, 0.15) is 24.7 Å². The van der Waals surface area contributed by atoms with Crippen LogP contribution in [-0.4, -0.2) is 62.7 Å². The highest BCUT2D eigenvalue weighted by Gasteiger charge is 2.37. The Morgan fingerprint density at radius 2 is 2.03 bits per heavy atom. The second kappa shape index (κ2) is 10.9. The van der Waals surface area contributed by atoms with Crippen molar-refractivity contribution in [3.05, 3.63) is 60.6 Å². The van der Waals surface area contributed by atoms with Gasteiger partial charge in [0, 0.05) is 25.5 Å². The van der Waals surface area contributed by atoms with Gasteiger partial charge in [-0.2, -0.15) is 14.5 Å². The summed E-state index contributed by atoms with van der Waals surface area (Å²) in [4.78, 5) is 33.9. The van der Waals surface area contributed by atoms with Crippen molar-refractivity contribution in [3.8, 4) is 5.75 Å². The number of aromatic nitrogens is 4. The predicted octanol–water partition coefficient (Wildman–Crippen LogP) is 2.49. The summed E-state index contributed by atoms with van der Waals surface area (Å²) < 4.78 is 20.3. The topological polar surface area (TPSA) is 114 Å². The molecule has 35 heavy (non-hydrogen) atoms. The Kier molecular flexibility index (Phi) is 7.54. The fourth-order valence-electron chi connectivity index (χ4n) is 3.66. The summed E-state index contributed by atoms with van der Waals surface area (Å²) in [5, 5.41) is 10.1. The van der Waals surface area contributed by atoms with Gasteiger partial charge in [-0.05, 0) is 38.0 Å². The maximum absolute atomic E-state index is 13.2. The number of amides is 2. The van der Waals surface area contributed by atoms with Gasteiger partial charge in [0.2, 0.25) is 11.8 Å². The van der Waals surface area contributed by atoms with Crippen LogP contribution >= 0.6 is 0 Å². The normalized spacial score (nSPS) is 16.8. The fourth-order valence-corrected chi connectivity index (χ4v) is 3.66. The van der Waals surface area contributed by atoms with Crippen LogP contribution in [0.1, 0.15) is 18.4 Å². The van der Waals surface area contributed by atoms with Crippen LogP contribution in [0.25, 0.3) is 0 Å². The molecular formula is C24H28FN7O3. The zero-order valence-corrected chi connectivity index (χ0v) is 19.6. The summed E-state index contributed by atoms with van der Waals surface area (Å²) in [7, 11) is 1.71. The Morgan fingerprint density at radius 1 is 1.23 bits per heavy atom. The molecule has 0 saturated heterocycles. The lowest BCUT2D eigenvalue weighted by molar-refractivity contribution is -0.131. The van der Waals surface area contributed by atoms with E-state index in [1.54, 1.807) is 24.2 Å². The van der Waals surface area contributed by atoms with Crippen molar-refractivity contribution in [1.82, 2.24) is 24.6 Å². The molecule has 2 N–H and O–H groups in total. The summed E-state index contributed by atoms with van der Waals surface area (Å²) in [6, 6.07) is 9.15. The van der Waals surface area contributed by atoms with Crippen molar-refractivity contribution >= 4 is 23.3 Å². The molecule has 2 amide bonds. The average molecular weight is 482 g/mol. The zero-order chi connectivity index (χ0) is 24.8. The Labute approximate surface area is 202 Å². The molecule has 1 aliphatic carbocycles. The molecule has 1 fully saturated rings. The second-order valence-corrected chi connectivity index (χ2v) is 8.54. The monoisotopic (exact) mass is 481 g/mol. The van der Waals surface area contributed by atoms with E-state index in [1.807, 2.05) is 31.2 Å². The van der Waals surface area contributed by atoms with Gasteiger partial charge >= 0.3 is 6.08 Å². The Morgan fingerprint density at radius 3 is 2.74 bits per heavy atom. The van der Waals surface area contributed by atoms with Crippen LogP contribution in [0.5, 0.6) is 5.75 Å². The Bertz CT molecular complexity index is 1170. The zero-order valence-electron chi connectivity index (χ0n) is 19.6. The number of ether oxygens (including phenoxy) is 1. The van der Waals surface area contributed by atoms with Crippen molar-refractivity contribution in [3.63, 3.8) is 0 Å². The average Bonchev–Trinajstić information content (AvgIpc) is 3.24. The number of halogens is 1. The maximum Gasteiger partial charge on any atom is 0.310 e. The third-order valence-corrected chi connectivity index (χ3v) is 5.91. The first-order valence-corrected chi connectivity index (χ1v) is 11.4. The van der Waals surface area contributed by atoms with Gasteiger partial charge in [-0.1, -0.05) is 17.7 Å². The number of carbonyl (C=O) groups excluding carboxylic acids is 2. The first kappa shape index (κ1) is 24.1. The molecule has 2 aromatic heterocycles. The third kappa shape index (κ3) is 6.52. The molecule has 0 bridgehead atoms. The van der Waals surface area contributed by atoms with Crippen molar-refractivity contribution in [2.45, 2.75) is 32.4 Å². The lowest BCUT2D eigenvalue weighted by Gasteiger charge is -2.36. The molecule has 2 heterocycles. The van der Waals surface area contributed by atoms with E-state index in [-0.39, 0.29) is 30.3 Å². The third-order valence-electron chi connectivity index (χ3n) is 5.91. The van der Waals surface area contributed by atoms with E-state index in [1.165, 1.54) is 17.1 Å². The molecule has 1 aromatic carbocycles. The maximum atomic E-state index is 13.2. The Hall–Kier alpha value is -4.02. The van der Waals surface area contributed by atoms with Crippen LogP contribution in [0, 0.1) is 18.9 Å². The Balaban J connectivity index is 1.21. The number of nitrogens with one attached hydrogen (secondary N) is 2. The predicted molar refractivity (Wildman–Crippen MR) is 127 cm³/mol. The van der Waals surface area contributed by atoms with Crippen molar-refractivity contribution in [2.75, 3.05) is 30.8 Å². The standard InChI is InChI=1S/C24H28FN7O3/c1-16-3-5-18(6-4-16)35-12-11-31(2)22(33)15-32-14-17(13-27-32)28-23(34)19-7-8-20(19)29-21-9-10-26-24(25)30-21/h3-6,9-10,13-14,19-20H,7-8,11-12,15H2,1-2H3,(H,28,34)(H,26,29,30). The lowest BCUT2D eigenvalue weighted by atomic mass is 9.79. The van der Waals surface area contributed by atoms with E-state index < -0.39 is 6.08 Å². The number of anilines is 2. The van der Waals surface area contributed by atoms with Crippen molar-refractivity contribution in [2.24, 2.45) is 5.92 Å². The molecule has 2 atom stereocenters. The van der Waals surface area contributed by atoms with Crippen LogP contribution in [-0.2, 0) is 16.1 Å². The summed E-state index contributed by atoms with van der Waals surface area (Å²) in [5.74, 6) is 0.535. The molecule has 10 nitrogen and oxygen atoms in total. The number of carbonyl (C=O) groups is 2. The highest BCUT2D eigenvalue weighted by atomic mass is 19.1. The van der Waals surface area contributed by atoms with Gasteiger partial charge in [0.15, 0.2) is 0 Å². The van der Waals surface area contributed by atoms with Gasteiger partial charge in [-0.15, -0.1) is 0 Å². The summed E-state index contributed by atoms with van der Waals surface area (Å²) in [6.07, 6.45) is 5.11. The van der Waals surface area contributed by atoms with E-state index in [0.717, 1.165) is 17.7 Å². The molecule has 0 radical (unpaired) electrons. The van der Waals surface area contributed by atoms with Crippen LogP contribution in [0.4, 0.5) is 15.9 Å². The van der Waals surface area contributed by atoms with Crippen molar-refractivity contribution in [1.29, 1.82) is 0 Å². The molecule has 0 aliphatic heterocycles. The van der Waals surface area contributed by atoms with E-state index in [0.29, 0.717) is 31.1 Å². The largest absolute Gasteiger partial charge is 0.492 e. The minimum absolute atomic E-state index is 0.0454. The van der Waals surface area contributed by atoms with Crippen LogP contribution in [0.3, 0.4) is 0 Å². The summed E-state index contributed by atoms with van der Waals surface area (Å²) in [5.41, 5.74) is 1.66. The molecule has 1 aliphatic rings. The highest BCUT2D eigenvalue weighted by Crippen LogP contribution is 2.31. The summed E-state index contributed by atoms with van der Waals surface area (Å²) >= 11 is 0. The van der Waals surface area contributed by atoms with Crippen LogP contribution in [0.15, 0.2) is 48.9 Å². The van der Waals surface area contributed by atoms with Crippen LogP contribution in [0.2, 0.25) is 0 Å². The van der Waals surface area contributed by atoms with E-state index >= 15 is 0 Å². The second-order valence-electron chi connectivity index (χ2n) is 8.54. The number of aryl methyl sites for hydroxylation is 1. The van der Waals surface area contributed by atoms with Gasteiger partial charge in [0.05, 0.1) is 24.3 Å². The molecule has 2 unspecified atom stereocenters. The number of rotatable bonds is 10. The molecule has 184 valence electrons. The molecular weight excluding hydrogens is 453 g/mol. The molecule has 3 aromatic rings. The van der Waals surface area contributed by atoms with E-state index in [2.05, 4.69) is 25.7 Å². The minimum atomic E-state index is -0.818. The van der Waals surface area contributed by atoms with Gasteiger partial charge < -0.3 is 20.3 Å². The fraction of sp³-hybridized carbons (Fsp3) is 0.375. The number of nitrogens with zero attached hydrogens (tertiary/aromatic N) is 5. The van der Waals surface area contributed by atoms with Crippen molar-refractivity contribution < 1.29 is 18.7 Å². The first-order chi connectivity index (χ1) is 16.9. The molecule has 1 saturated carbocycles. The highest BCUT2D eigenvalue weighted by molar-refractivity contribution is 5.93. The summed E-state index contributed by atoms with van der Waals surface area (Å²) in [6.45, 7) is 2.87. The minimum Gasteiger partial charge on any atom is -0.492 e. The smallest absolute Gasteiger partial charge is 0.310 e. The number of benzene rings is 1. The van der Waals surface area contributed by atoms with Crippen LogP contribution < -0.4 is 15.4 Å². The number of likely N-dealkylation sites (N-methyl/N-ethyl adjacent to an activating group) is 1. The van der Waals surface area contributed by atoms with E-state index in [4.69, 9.17) is 4.74 Å². The van der Waals surface area contributed by atoms with Gasteiger partial charge in [0.25, 0.3) is 0 Å². The molecule has 11 heteroatoms. The SMILES string of the molecule is Cc1ccc(OCCN(C)C(=O)Cn2cc(NC(=O)C3CCC3Nc3ccnc(F)n3)cn2)cc1. The molecule has 0 spiro atoms.